The van der Waals surface area contributed by atoms with E-state index in [1.54, 1.807) is 0 Å². The molecule has 1 aromatic carbocycles. The van der Waals surface area contributed by atoms with Crippen molar-refractivity contribution >= 4 is 48.1 Å². The summed E-state index contributed by atoms with van der Waals surface area (Å²) < 4.78 is 0. The molecule has 14 heteroatoms. The van der Waals surface area contributed by atoms with E-state index < -0.39 is 47.7 Å². The van der Waals surface area contributed by atoms with E-state index in [2.05, 4.69) is 33.9 Å². The lowest BCUT2D eigenvalue weighted by atomic mass is 10.0. The van der Waals surface area contributed by atoms with Crippen molar-refractivity contribution in [2.45, 2.75) is 50.2 Å². The molecule has 218 valence electrons. The number of guanidine groups is 1. The first-order valence-corrected chi connectivity index (χ1v) is 14.0. The van der Waals surface area contributed by atoms with Crippen molar-refractivity contribution in [3.8, 4) is 0 Å². The van der Waals surface area contributed by atoms with Gasteiger partial charge in [0.2, 0.25) is 29.5 Å². The Morgan fingerprint density at radius 2 is 1.82 bits per heavy atom. The molecule has 7 N–H and O–H groups in total. The van der Waals surface area contributed by atoms with Gasteiger partial charge in [-0.3, -0.25) is 29.4 Å². The number of amides is 5. The van der Waals surface area contributed by atoms with Crippen LogP contribution >= 0.6 is 12.6 Å². The molecule has 0 saturated carbocycles. The Labute approximate surface area is 238 Å². The topological polar surface area (TPSA) is 190 Å². The molecule has 3 rings (SSSR count). The van der Waals surface area contributed by atoms with Gasteiger partial charge in [-0.25, -0.2) is 0 Å². The average molecular weight is 575 g/mol. The Kier molecular flexibility index (Phi) is 11.6. The molecule has 5 amide bonds. The molecule has 2 fully saturated rings. The van der Waals surface area contributed by atoms with Gasteiger partial charge in [-0.05, 0) is 31.2 Å². The molecule has 1 unspecified atom stereocenters. The summed E-state index contributed by atoms with van der Waals surface area (Å²) in [6, 6.07) is 6.44. The summed E-state index contributed by atoms with van der Waals surface area (Å²) >= 11 is 4.18. The van der Waals surface area contributed by atoms with Crippen LogP contribution in [0, 0.1) is 5.41 Å². The SMILES string of the molecule is N=C(N)NCCC[C@H]1NC(=O)CN(CCS)C(=O)CNC(=O)[C@@H](Cc2ccccc2)NC(=O)C2CCCN2C1=O. The van der Waals surface area contributed by atoms with Crippen molar-refractivity contribution in [3.63, 3.8) is 0 Å². The second-order valence-electron chi connectivity index (χ2n) is 9.80. The van der Waals surface area contributed by atoms with Gasteiger partial charge >= 0.3 is 0 Å². The number of fused-ring (bicyclic) bond motifs is 1. The van der Waals surface area contributed by atoms with E-state index in [0.29, 0.717) is 32.4 Å². The van der Waals surface area contributed by atoms with Crippen LogP contribution < -0.4 is 27.0 Å². The maximum atomic E-state index is 13.7. The van der Waals surface area contributed by atoms with Gasteiger partial charge in [-0.2, -0.15) is 12.6 Å². The quantitative estimate of drug-likeness (QED) is 0.0837. The predicted octanol–water partition coefficient (Wildman–Crippen LogP) is -1.66. The van der Waals surface area contributed by atoms with Gasteiger partial charge in [-0.15, -0.1) is 0 Å². The average Bonchev–Trinajstić information content (AvgIpc) is 3.42. The number of rotatable bonds is 8. The number of carbonyl (C=O) groups excluding carboxylic acids is 5. The van der Waals surface area contributed by atoms with Gasteiger partial charge in [0.25, 0.3) is 0 Å². The van der Waals surface area contributed by atoms with Crippen LogP contribution in [0.1, 0.15) is 31.2 Å². The maximum Gasteiger partial charge on any atom is 0.245 e. The molecule has 13 nitrogen and oxygen atoms in total. The molecule has 0 spiro atoms. The molecular weight excluding hydrogens is 536 g/mol. The number of nitrogens with zero attached hydrogens (tertiary/aromatic N) is 2. The molecule has 0 aromatic heterocycles. The van der Waals surface area contributed by atoms with Gasteiger partial charge in [-0.1, -0.05) is 30.3 Å². The third-order valence-electron chi connectivity index (χ3n) is 6.84. The normalized spacial score (nSPS) is 22.9. The van der Waals surface area contributed by atoms with Crippen LogP contribution in [0.3, 0.4) is 0 Å². The van der Waals surface area contributed by atoms with Crippen LogP contribution in [0.4, 0.5) is 0 Å². The number of carbonyl (C=O) groups is 5. The fourth-order valence-electron chi connectivity index (χ4n) is 4.84. The summed E-state index contributed by atoms with van der Waals surface area (Å²) in [6.45, 7) is 0.117. The zero-order valence-corrected chi connectivity index (χ0v) is 23.3. The first-order chi connectivity index (χ1) is 19.2. The van der Waals surface area contributed by atoms with Crippen molar-refractivity contribution in [2.24, 2.45) is 5.73 Å². The maximum absolute atomic E-state index is 13.7. The lowest BCUT2D eigenvalue weighted by molar-refractivity contribution is -0.142. The summed E-state index contributed by atoms with van der Waals surface area (Å²) in [5.41, 5.74) is 6.16. The molecule has 3 atom stereocenters. The highest BCUT2D eigenvalue weighted by atomic mass is 32.1. The van der Waals surface area contributed by atoms with Crippen LogP contribution in [0.2, 0.25) is 0 Å². The van der Waals surface area contributed by atoms with Crippen LogP contribution in [0.25, 0.3) is 0 Å². The number of nitrogens with one attached hydrogen (secondary N) is 5. The third-order valence-corrected chi connectivity index (χ3v) is 7.04. The molecule has 0 radical (unpaired) electrons. The minimum atomic E-state index is -0.975. The van der Waals surface area contributed by atoms with Crippen molar-refractivity contribution < 1.29 is 24.0 Å². The minimum Gasteiger partial charge on any atom is -0.370 e. The second kappa shape index (κ2) is 15.1. The van der Waals surface area contributed by atoms with Crippen molar-refractivity contribution in [3.05, 3.63) is 35.9 Å². The van der Waals surface area contributed by atoms with Crippen molar-refractivity contribution in [1.29, 1.82) is 5.41 Å². The summed E-state index contributed by atoms with van der Waals surface area (Å²) in [4.78, 5) is 68.9. The standard InChI is InChI=1S/C26H38N8O5S/c27-26(28)29-10-4-8-18-25(39)34-11-5-9-20(34)24(38)32-19(14-17-6-2-1-3-7-17)23(37)30-15-22(36)33(12-13-40)16-21(35)31-18/h1-3,6-7,18-20,40H,4-5,8-16H2,(H,30,37)(H,31,35)(H,32,38)(H4,27,28,29)/t18-,19-,20?/m1/s1. The van der Waals surface area contributed by atoms with E-state index in [1.807, 2.05) is 30.3 Å². The Morgan fingerprint density at radius 1 is 1.07 bits per heavy atom. The molecule has 2 saturated heterocycles. The fraction of sp³-hybridized carbons (Fsp3) is 0.538. The molecule has 0 bridgehead atoms. The molecule has 2 aliphatic heterocycles. The van der Waals surface area contributed by atoms with E-state index in [4.69, 9.17) is 11.1 Å². The van der Waals surface area contributed by atoms with Gasteiger partial charge < -0.3 is 36.8 Å². The van der Waals surface area contributed by atoms with Crippen LogP contribution in [0.5, 0.6) is 0 Å². The second-order valence-corrected chi connectivity index (χ2v) is 10.2. The zero-order chi connectivity index (χ0) is 29.1. The first kappa shape index (κ1) is 30.7. The zero-order valence-electron chi connectivity index (χ0n) is 22.4. The molecule has 2 heterocycles. The Balaban J connectivity index is 1.89. The smallest absolute Gasteiger partial charge is 0.245 e. The van der Waals surface area contributed by atoms with Crippen molar-refractivity contribution in [1.82, 2.24) is 31.1 Å². The summed E-state index contributed by atoms with van der Waals surface area (Å²) in [5, 5.41) is 18.1. The Bertz CT molecular complexity index is 1090. The van der Waals surface area contributed by atoms with Crippen LogP contribution in [-0.4, -0.2) is 102 Å². The third kappa shape index (κ3) is 8.86. The van der Waals surface area contributed by atoms with Gasteiger partial charge in [0.05, 0.1) is 13.1 Å². The highest BCUT2D eigenvalue weighted by molar-refractivity contribution is 7.80. The summed E-state index contributed by atoms with van der Waals surface area (Å²) in [7, 11) is 0. The van der Waals surface area contributed by atoms with E-state index in [0.717, 1.165) is 5.56 Å². The lowest BCUT2D eigenvalue weighted by Crippen LogP contribution is -2.56. The summed E-state index contributed by atoms with van der Waals surface area (Å²) in [5.74, 6) is -2.38. The number of thiol groups is 1. The predicted molar refractivity (Wildman–Crippen MR) is 151 cm³/mol. The molecule has 40 heavy (non-hydrogen) atoms. The van der Waals surface area contributed by atoms with E-state index in [1.165, 1.54) is 9.80 Å². The molecule has 0 aliphatic carbocycles. The van der Waals surface area contributed by atoms with Gasteiger partial charge in [0.15, 0.2) is 5.96 Å². The lowest BCUT2D eigenvalue weighted by Gasteiger charge is -2.30. The largest absolute Gasteiger partial charge is 0.370 e. The molecule has 2 aliphatic rings. The highest BCUT2D eigenvalue weighted by Gasteiger charge is 2.39. The summed E-state index contributed by atoms with van der Waals surface area (Å²) in [6.07, 6.45) is 1.85. The van der Waals surface area contributed by atoms with E-state index in [-0.39, 0.29) is 44.2 Å². The fourth-order valence-corrected chi connectivity index (χ4v) is 5.08. The highest BCUT2D eigenvalue weighted by Crippen LogP contribution is 2.20. The monoisotopic (exact) mass is 574 g/mol. The van der Waals surface area contributed by atoms with Crippen molar-refractivity contribution in [2.75, 3.05) is 38.5 Å². The molecule has 1 aromatic rings. The Hall–Kier alpha value is -3.81. The van der Waals surface area contributed by atoms with Crippen LogP contribution in [-0.2, 0) is 30.4 Å². The number of hydrogen-bond acceptors (Lipinski definition) is 7. The number of benzene rings is 1. The molecular formula is C26H38N8O5S. The number of nitrogens with two attached hydrogens (primary N) is 1. The Morgan fingerprint density at radius 3 is 2.52 bits per heavy atom. The number of hydrogen-bond donors (Lipinski definition) is 7. The van der Waals surface area contributed by atoms with Crippen LogP contribution in [0.15, 0.2) is 30.3 Å². The van der Waals surface area contributed by atoms with Gasteiger partial charge in [0.1, 0.15) is 18.1 Å². The minimum absolute atomic E-state index is 0.157. The van der Waals surface area contributed by atoms with E-state index in [9.17, 15) is 24.0 Å². The first-order valence-electron chi connectivity index (χ1n) is 13.4. The van der Waals surface area contributed by atoms with E-state index >= 15 is 0 Å². The van der Waals surface area contributed by atoms with Gasteiger partial charge in [0, 0.05) is 31.8 Å².